The SMILES string of the molecule is N#CN=C1c2cc(-c3cc(F)c(F)c(F)c3)ccc2-c2nc3c(nc21)-c1ccc(-c2cc(F)c(F)c(F)c2)cc1C3N=CN. The van der Waals surface area contributed by atoms with E-state index in [-0.39, 0.29) is 22.5 Å². The van der Waals surface area contributed by atoms with Gasteiger partial charge in [-0.2, -0.15) is 10.3 Å². The van der Waals surface area contributed by atoms with Gasteiger partial charge in [-0.15, -0.1) is 0 Å². The predicted octanol–water partition coefficient (Wildman–Crippen LogP) is 7.00. The first-order valence-corrected chi connectivity index (χ1v) is 12.9. The lowest BCUT2D eigenvalue weighted by molar-refractivity contribution is 0.447. The van der Waals surface area contributed by atoms with Gasteiger partial charge >= 0.3 is 0 Å². The quantitative estimate of drug-likeness (QED) is 0.0782. The summed E-state index contributed by atoms with van der Waals surface area (Å²) in [5.41, 5.74) is 10.3. The Morgan fingerprint density at radius 2 is 1.23 bits per heavy atom. The summed E-state index contributed by atoms with van der Waals surface area (Å²) in [6, 6.07) is 12.4. The highest BCUT2D eigenvalue weighted by Crippen LogP contribution is 2.48. The van der Waals surface area contributed by atoms with Crippen LogP contribution in [0.2, 0.25) is 0 Å². The minimum Gasteiger partial charge on any atom is -0.390 e. The number of aromatic nitrogens is 2. The van der Waals surface area contributed by atoms with E-state index in [1.807, 2.05) is 0 Å². The Hall–Kier alpha value is -5.83. The normalized spacial score (nSPS) is 15.3. The molecule has 44 heavy (non-hydrogen) atoms. The van der Waals surface area contributed by atoms with Crippen molar-refractivity contribution in [2.75, 3.05) is 0 Å². The van der Waals surface area contributed by atoms with Gasteiger partial charge in [0.15, 0.2) is 34.9 Å². The van der Waals surface area contributed by atoms with Crippen LogP contribution in [0.1, 0.15) is 28.6 Å². The van der Waals surface area contributed by atoms with Crippen LogP contribution in [0.5, 0.6) is 0 Å². The number of hydrogen-bond donors (Lipinski definition) is 1. The summed E-state index contributed by atoms with van der Waals surface area (Å²) in [6.45, 7) is 0. The maximum absolute atomic E-state index is 14.0. The van der Waals surface area contributed by atoms with Gasteiger partial charge in [0.2, 0.25) is 6.19 Å². The van der Waals surface area contributed by atoms with Crippen LogP contribution in [0, 0.1) is 46.4 Å². The average molecular weight is 596 g/mol. The molecular formula is C32H14F6N6. The molecule has 1 atom stereocenters. The molecule has 2 aliphatic carbocycles. The van der Waals surface area contributed by atoms with Crippen molar-refractivity contribution in [1.29, 1.82) is 5.26 Å². The fourth-order valence-corrected chi connectivity index (χ4v) is 5.62. The van der Waals surface area contributed by atoms with Crippen molar-refractivity contribution in [2.45, 2.75) is 6.04 Å². The Bertz CT molecular complexity index is 2140. The minimum absolute atomic E-state index is 0.0721. The molecule has 2 aliphatic rings. The second-order valence-corrected chi connectivity index (χ2v) is 9.99. The summed E-state index contributed by atoms with van der Waals surface area (Å²) in [6.07, 6.45) is 2.84. The third-order valence-corrected chi connectivity index (χ3v) is 7.57. The molecule has 5 aromatic rings. The third-order valence-electron chi connectivity index (χ3n) is 7.57. The number of nitrogens with zero attached hydrogens (tertiary/aromatic N) is 5. The van der Waals surface area contributed by atoms with E-state index in [4.69, 9.17) is 15.7 Å². The molecule has 6 nitrogen and oxygen atoms in total. The molecule has 2 N–H and O–H groups in total. The van der Waals surface area contributed by atoms with Gasteiger partial charge < -0.3 is 5.73 Å². The maximum atomic E-state index is 14.0. The number of halogens is 6. The van der Waals surface area contributed by atoms with E-state index in [1.165, 1.54) is 0 Å². The number of rotatable bonds is 3. The highest BCUT2D eigenvalue weighted by Gasteiger charge is 2.37. The van der Waals surface area contributed by atoms with Gasteiger partial charge in [-0.1, -0.05) is 24.3 Å². The van der Waals surface area contributed by atoms with Gasteiger partial charge in [0.05, 0.1) is 23.4 Å². The number of fused-ring (bicyclic) bond motifs is 6. The number of benzene rings is 4. The van der Waals surface area contributed by atoms with E-state index in [1.54, 1.807) is 42.6 Å². The van der Waals surface area contributed by atoms with E-state index in [9.17, 15) is 31.6 Å². The van der Waals surface area contributed by atoms with Crippen molar-refractivity contribution in [2.24, 2.45) is 15.7 Å². The number of nitriles is 1. The Morgan fingerprint density at radius 3 is 1.80 bits per heavy atom. The van der Waals surface area contributed by atoms with Crippen molar-refractivity contribution in [1.82, 2.24) is 9.97 Å². The minimum atomic E-state index is -1.59. The summed E-state index contributed by atoms with van der Waals surface area (Å²) in [4.78, 5) is 18.0. The molecule has 0 radical (unpaired) electrons. The standard InChI is InChI=1S/C32H14F6N6/c33-21-7-15(8-22(34)25(21)37)13-1-3-17-19(5-13)27(41-11-39)31-29(17)43-32-28(42-12-40)20-6-14(2-4-18(20)30(32)44-31)16-9-23(35)26(38)24(36)10-16/h1-11,27H,(H2,39,41). The van der Waals surface area contributed by atoms with Crippen LogP contribution >= 0.6 is 0 Å². The van der Waals surface area contributed by atoms with Crippen LogP contribution in [-0.2, 0) is 0 Å². The molecule has 0 fully saturated rings. The lowest BCUT2D eigenvalue weighted by Crippen LogP contribution is -2.05. The molecular weight excluding hydrogens is 582 g/mol. The Morgan fingerprint density at radius 1 is 0.659 bits per heavy atom. The molecule has 0 aliphatic heterocycles. The summed E-state index contributed by atoms with van der Waals surface area (Å²) in [7, 11) is 0. The van der Waals surface area contributed by atoms with Gasteiger partial charge in [-0.25, -0.2) is 36.3 Å². The largest absolute Gasteiger partial charge is 0.390 e. The summed E-state index contributed by atoms with van der Waals surface area (Å²) in [5, 5.41) is 9.49. The maximum Gasteiger partial charge on any atom is 0.206 e. The van der Waals surface area contributed by atoms with Crippen LogP contribution < -0.4 is 5.73 Å². The zero-order valence-corrected chi connectivity index (χ0v) is 22.0. The van der Waals surface area contributed by atoms with E-state index in [0.29, 0.717) is 50.5 Å². The Kier molecular flexibility index (Phi) is 6.07. The highest BCUT2D eigenvalue weighted by atomic mass is 19.2. The molecule has 0 saturated heterocycles. The van der Waals surface area contributed by atoms with Crippen LogP contribution in [0.3, 0.4) is 0 Å². The highest BCUT2D eigenvalue weighted by molar-refractivity contribution is 6.23. The molecule has 0 spiro atoms. The van der Waals surface area contributed by atoms with Gasteiger partial charge in [0, 0.05) is 16.7 Å². The van der Waals surface area contributed by atoms with Crippen LogP contribution in [-0.4, -0.2) is 22.0 Å². The molecule has 12 heteroatoms. The van der Waals surface area contributed by atoms with Gasteiger partial charge in [-0.3, -0.25) is 4.99 Å². The summed E-state index contributed by atoms with van der Waals surface area (Å²) in [5.74, 6) is -8.53. The first-order chi connectivity index (χ1) is 21.2. The molecule has 1 unspecified atom stereocenters. The lowest BCUT2D eigenvalue weighted by Gasteiger charge is -2.10. The van der Waals surface area contributed by atoms with Crippen molar-refractivity contribution < 1.29 is 26.3 Å². The topological polar surface area (TPSA) is 100 Å². The fourth-order valence-electron chi connectivity index (χ4n) is 5.62. The molecule has 1 aromatic heterocycles. The fraction of sp³-hybridized carbons (Fsp3) is 0.0312. The molecule has 0 saturated carbocycles. The van der Waals surface area contributed by atoms with Crippen LogP contribution in [0.15, 0.2) is 70.6 Å². The van der Waals surface area contributed by atoms with E-state index >= 15 is 0 Å². The molecule has 1 heterocycles. The van der Waals surface area contributed by atoms with Gasteiger partial charge in [0.1, 0.15) is 17.4 Å². The number of nitrogens with two attached hydrogens (primary N) is 1. The first kappa shape index (κ1) is 27.0. The van der Waals surface area contributed by atoms with E-state index in [0.717, 1.165) is 30.6 Å². The van der Waals surface area contributed by atoms with Crippen molar-refractivity contribution in [3.8, 4) is 51.0 Å². The van der Waals surface area contributed by atoms with E-state index in [2.05, 4.69) is 9.98 Å². The molecule has 4 aromatic carbocycles. The monoisotopic (exact) mass is 596 g/mol. The summed E-state index contributed by atoms with van der Waals surface area (Å²) < 4.78 is 83.0. The van der Waals surface area contributed by atoms with Gasteiger partial charge in [-0.05, 0) is 64.2 Å². The first-order valence-electron chi connectivity index (χ1n) is 12.9. The Labute approximate surface area is 244 Å². The predicted molar refractivity (Wildman–Crippen MR) is 149 cm³/mol. The Balaban J connectivity index is 1.37. The van der Waals surface area contributed by atoms with Gasteiger partial charge in [0.25, 0.3) is 0 Å². The zero-order chi connectivity index (χ0) is 30.9. The van der Waals surface area contributed by atoms with Crippen molar-refractivity contribution >= 4 is 12.1 Å². The second kappa shape index (κ2) is 9.88. The van der Waals surface area contributed by atoms with Crippen LogP contribution in [0.25, 0.3) is 44.8 Å². The summed E-state index contributed by atoms with van der Waals surface area (Å²) >= 11 is 0. The van der Waals surface area contributed by atoms with Crippen LogP contribution in [0.4, 0.5) is 26.3 Å². The van der Waals surface area contributed by atoms with Crippen molar-refractivity contribution in [3.63, 3.8) is 0 Å². The van der Waals surface area contributed by atoms with E-state index < -0.39 is 40.9 Å². The molecule has 0 amide bonds. The number of hydrogen-bond acceptors (Lipinski definition) is 5. The smallest absolute Gasteiger partial charge is 0.206 e. The second-order valence-electron chi connectivity index (χ2n) is 9.99. The zero-order valence-electron chi connectivity index (χ0n) is 22.0. The number of aliphatic imine (C=N–C) groups is 2. The van der Waals surface area contributed by atoms with Crippen molar-refractivity contribution in [3.05, 3.63) is 118 Å². The third kappa shape index (κ3) is 3.97. The molecule has 7 rings (SSSR count). The molecule has 0 bridgehead atoms. The molecule has 214 valence electrons. The average Bonchev–Trinajstić information content (AvgIpc) is 3.48. The lowest BCUT2D eigenvalue weighted by atomic mass is 9.98.